The Labute approximate surface area is 146 Å². The number of aromatic amines is 1. The van der Waals surface area contributed by atoms with Gasteiger partial charge in [0.15, 0.2) is 0 Å². The van der Waals surface area contributed by atoms with Crippen LogP contribution in [-0.4, -0.2) is 15.0 Å². The number of benzene rings is 2. The lowest BCUT2D eigenvalue weighted by molar-refractivity contribution is 0.680. The molecular formula is C21H20N4. The molecule has 4 nitrogen and oxygen atoms in total. The van der Waals surface area contributed by atoms with Gasteiger partial charge in [-0.05, 0) is 54.3 Å². The van der Waals surface area contributed by atoms with Gasteiger partial charge in [-0.25, -0.2) is 4.98 Å². The molecule has 2 aromatic carbocycles. The van der Waals surface area contributed by atoms with E-state index in [2.05, 4.69) is 58.3 Å². The molecule has 0 bridgehead atoms. The van der Waals surface area contributed by atoms with Gasteiger partial charge in [0, 0.05) is 12.4 Å². The summed E-state index contributed by atoms with van der Waals surface area (Å²) in [7, 11) is 0. The van der Waals surface area contributed by atoms with Crippen molar-refractivity contribution in [2.75, 3.05) is 0 Å². The monoisotopic (exact) mass is 328 g/mol. The van der Waals surface area contributed by atoms with Gasteiger partial charge in [0.25, 0.3) is 0 Å². The molecule has 4 aromatic rings. The highest BCUT2D eigenvalue weighted by Crippen LogP contribution is 2.24. The van der Waals surface area contributed by atoms with Gasteiger partial charge in [0.1, 0.15) is 5.82 Å². The van der Waals surface area contributed by atoms with Crippen LogP contribution in [0, 0.1) is 6.92 Å². The molecule has 0 radical (unpaired) electrons. The van der Waals surface area contributed by atoms with E-state index < -0.39 is 0 Å². The van der Waals surface area contributed by atoms with Crippen LogP contribution < -0.4 is 5.73 Å². The summed E-state index contributed by atoms with van der Waals surface area (Å²) in [6.07, 6.45) is 4.37. The lowest BCUT2D eigenvalue weighted by Gasteiger charge is -2.09. The molecule has 0 saturated heterocycles. The van der Waals surface area contributed by atoms with Crippen molar-refractivity contribution in [2.24, 2.45) is 5.73 Å². The fraction of sp³-hybridized carbons (Fsp3) is 0.143. The van der Waals surface area contributed by atoms with Crippen LogP contribution in [-0.2, 0) is 6.42 Å². The average molecular weight is 328 g/mol. The first-order valence-corrected chi connectivity index (χ1v) is 8.40. The molecule has 0 unspecified atom stereocenters. The number of nitrogens with zero attached hydrogens (tertiary/aromatic N) is 2. The van der Waals surface area contributed by atoms with Crippen LogP contribution in [0.15, 0.2) is 67.0 Å². The van der Waals surface area contributed by atoms with E-state index in [0.29, 0.717) is 0 Å². The molecule has 4 rings (SSSR count). The lowest BCUT2D eigenvalue weighted by Crippen LogP contribution is -2.15. The van der Waals surface area contributed by atoms with E-state index >= 15 is 0 Å². The predicted molar refractivity (Wildman–Crippen MR) is 101 cm³/mol. The van der Waals surface area contributed by atoms with Crippen LogP contribution in [0.2, 0.25) is 0 Å². The number of rotatable bonds is 4. The third kappa shape index (κ3) is 3.30. The van der Waals surface area contributed by atoms with Crippen molar-refractivity contribution in [3.63, 3.8) is 0 Å². The summed E-state index contributed by atoms with van der Waals surface area (Å²) in [5, 5.41) is 0. The summed E-state index contributed by atoms with van der Waals surface area (Å²) in [5.74, 6) is 0.823. The number of nitrogens with one attached hydrogen (secondary N) is 1. The van der Waals surface area contributed by atoms with E-state index in [0.717, 1.165) is 34.4 Å². The summed E-state index contributed by atoms with van der Waals surface area (Å²) in [6.45, 7) is 2.09. The number of imidazole rings is 1. The molecule has 0 saturated carbocycles. The van der Waals surface area contributed by atoms with E-state index in [1.165, 1.54) is 11.1 Å². The van der Waals surface area contributed by atoms with Crippen LogP contribution in [0.25, 0.3) is 22.2 Å². The smallest absolute Gasteiger partial charge is 0.124 e. The standard InChI is InChI=1S/C21H20N4/c1-14-3-2-4-15(11-14)12-18(22)21-24-19-6-5-17(13-20(19)25-21)16-7-9-23-10-8-16/h2-11,13,18H,12,22H2,1H3,(H,24,25)/t18-/m0/s1. The molecular weight excluding hydrogens is 308 g/mol. The lowest BCUT2D eigenvalue weighted by atomic mass is 10.0. The van der Waals surface area contributed by atoms with Crippen molar-refractivity contribution >= 4 is 11.0 Å². The molecule has 3 N–H and O–H groups in total. The highest BCUT2D eigenvalue weighted by atomic mass is 15.0. The van der Waals surface area contributed by atoms with Gasteiger partial charge in [-0.1, -0.05) is 35.9 Å². The van der Waals surface area contributed by atoms with Crippen molar-refractivity contribution < 1.29 is 0 Å². The Kier molecular flexibility index (Phi) is 4.04. The number of hydrogen-bond acceptors (Lipinski definition) is 3. The Morgan fingerprint density at radius 3 is 2.64 bits per heavy atom. The fourth-order valence-electron chi connectivity index (χ4n) is 3.12. The maximum absolute atomic E-state index is 6.39. The van der Waals surface area contributed by atoms with Crippen LogP contribution >= 0.6 is 0 Å². The Hall–Kier alpha value is -2.98. The summed E-state index contributed by atoms with van der Waals surface area (Å²) in [6, 6.07) is 18.5. The molecule has 0 aliphatic heterocycles. The van der Waals surface area contributed by atoms with E-state index in [-0.39, 0.29) is 6.04 Å². The zero-order valence-electron chi connectivity index (χ0n) is 14.1. The molecule has 4 heteroatoms. The van der Waals surface area contributed by atoms with E-state index in [1.54, 1.807) is 12.4 Å². The Morgan fingerprint density at radius 1 is 1.00 bits per heavy atom. The fourth-order valence-corrected chi connectivity index (χ4v) is 3.12. The zero-order valence-corrected chi connectivity index (χ0v) is 14.1. The van der Waals surface area contributed by atoms with Crippen molar-refractivity contribution in [3.05, 3.63) is 83.9 Å². The first-order chi connectivity index (χ1) is 12.2. The summed E-state index contributed by atoms with van der Waals surface area (Å²) >= 11 is 0. The Bertz CT molecular complexity index is 1000. The van der Waals surface area contributed by atoms with Crippen LogP contribution in [0.5, 0.6) is 0 Å². The molecule has 0 aliphatic rings. The van der Waals surface area contributed by atoms with Crippen LogP contribution in [0.4, 0.5) is 0 Å². The minimum Gasteiger partial charge on any atom is -0.341 e. The molecule has 2 heterocycles. The van der Waals surface area contributed by atoms with E-state index in [4.69, 9.17) is 5.73 Å². The predicted octanol–water partition coefficient (Wildman–Crippen LogP) is 4.18. The first-order valence-electron chi connectivity index (χ1n) is 8.40. The largest absolute Gasteiger partial charge is 0.341 e. The van der Waals surface area contributed by atoms with E-state index in [1.807, 2.05) is 18.2 Å². The Balaban J connectivity index is 1.62. The van der Waals surface area contributed by atoms with Crippen molar-refractivity contribution in [1.82, 2.24) is 15.0 Å². The molecule has 1 atom stereocenters. The third-order valence-corrected chi connectivity index (χ3v) is 4.40. The minimum absolute atomic E-state index is 0.154. The highest BCUT2D eigenvalue weighted by molar-refractivity contribution is 5.82. The number of pyridine rings is 1. The van der Waals surface area contributed by atoms with Crippen molar-refractivity contribution in [1.29, 1.82) is 0 Å². The summed E-state index contributed by atoms with van der Waals surface area (Å²) in [5.41, 5.74) is 13.1. The molecule has 0 aliphatic carbocycles. The molecule has 124 valence electrons. The zero-order chi connectivity index (χ0) is 17.2. The first kappa shape index (κ1) is 15.5. The van der Waals surface area contributed by atoms with Gasteiger partial charge < -0.3 is 10.7 Å². The summed E-state index contributed by atoms with van der Waals surface area (Å²) in [4.78, 5) is 12.1. The maximum atomic E-state index is 6.39. The number of aromatic nitrogens is 3. The second kappa shape index (κ2) is 6.49. The second-order valence-electron chi connectivity index (χ2n) is 6.39. The van der Waals surface area contributed by atoms with Crippen LogP contribution in [0.1, 0.15) is 23.0 Å². The normalized spacial score (nSPS) is 12.4. The number of fused-ring (bicyclic) bond motifs is 1. The molecule has 0 amide bonds. The molecule has 0 spiro atoms. The quantitative estimate of drug-likeness (QED) is 0.590. The van der Waals surface area contributed by atoms with Gasteiger partial charge >= 0.3 is 0 Å². The minimum atomic E-state index is -0.154. The number of H-pyrrole nitrogens is 1. The van der Waals surface area contributed by atoms with Crippen molar-refractivity contribution in [3.8, 4) is 11.1 Å². The molecule has 0 fully saturated rings. The van der Waals surface area contributed by atoms with Gasteiger partial charge in [-0.3, -0.25) is 4.98 Å². The van der Waals surface area contributed by atoms with E-state index in [9.17, 15) is 0 Å². The molecule has 25 heavy (non-hydrogen) atoms. The highest BCUT2D eigenvalue weighted by Gasteiger charge is 2.13. The third-order valence-electron chi connectivity index (χ3n) is 4.40. The van der Waals surface area contributed by atoms with Gasteiger partial charge in [-0.2, -0.15) is 0 Å². The number of aryl methyl sites for hydroxylation is 1. The van der Waals surface area contributed by atoms with Crippen LogP contribution in [0.3, 0.4) is 0 Å². The average Bonchev–Trinajstić information content (AvgIpc) is 3.06. The van der Waals surface area contributed by atoms with Crippen molar-refractivity contribution in [2.45, 2.75) is 19.4 Å². The van der Waals surface area contributed by atoms with Gasteiger partial charge in [0.2, 0.25) is 0 Å². The SMILES string of the molecule is Cc1cccc(C[C@H](N)c2nc3ccc(-c4ccncc4)cc3[nH]2)c1. The van der Waals surface area contributed by atoms with Gasteiger partial charge in [0.05, 0.1) is 17.1 Å². The Morgan fingerprint density at radius 2 is 1.84 bits per heavy atom. The maximum Gasteiger partial charge on any atom is 0.124 e. The summed E-state index contributed by atoms with van der Waals surface area (Å²) < 4.78 is 0. The topological polar surface area (TPSA) is 67.6 Å². The number of hydrogen-bond donors (Lipinski definition) is 2. The van der Waals surface area contributed by atoms with Gasteiger partial charge in [-0.15, -0.1) is 0 Å². The number of nitrogens with two attached hydrogens (primary N) is 1. The second-order valence-corrected chi connectivity index (χ2v) is 6.39. The molecule has 2 aromatic heterocycles.